The summed E-state index contributed by atoms with van der Waals surface area (Å²) in [5, 5.41) is 5.71. The lowest BCUT2D eigenvalue weighted by molar-refractivity contribution is -0.142. The highest BCUT2D eigenvalue weighted by molar-refractivity contribution is 5.82. The van der Waals surface area contributed by atoms with Gasteiger partial charge in [0.1, 0.15) is 0 Å². The van der Waals surface area contributed by atoms with Gasteiger partial charge in [-0.05, 0) is 26.2 Å². The molecule has 1 fully saturated rings. The first-order valence-electron chi connectivity index (χ1n) is 5.40. The smallest absolute Gasteiger partial charge is 0.319 e. The molecule has 1 saturated heterocycles. The maximum absolute atomic E-state index is 11.5. The highest BCUT2D eigenvalue weighted by Gasteiger charge is 2.20. The Kier molecular flexibility index (Phi) is 5.10. The van der Waals surface area contributed by atoms with Crippen LogP contribution in [0.2, 0.25) is 0 Å². The van der Waals surface area contributed by atoms with Crippen LogP contribution in [0.15, 0.2) is 0 Å². The van der Waals surface area contributed by atoms with E-state index < -0.39 is 0 Å². The van der Waals surface area contributed by atoms with Crippen LogP contribution in [0.25, 0.3) is 0 Å². The van der Waals surface area contributed by atoms with Crippen molar-refractivity contribution < 1.29 is 14.3 Å². The first kappa shape index (κ1) is 12.0. The van der Waals surface area contributed by atoms with Crippen molar-refractivity contribution >= 4 is 11.9 Å². The van der Waals surface area contributed by atoms with Gasteiger partial charge in [-0.3, -0.25) is 14.9 Å². The van der Waals surface area contributed by atoms with E-state index in [2.05, 4.69) is 10.6 Å². The van der Waals surface area contributed by atoms with E-state index in [0.717, 1.165) is 25.8 Å². The molecule has 1 atom stereocenters. The van der Waals surface area contributed by atoms with Gasteiger partial charge >= 0.3 is 5.97 Å². The Morgan fingerprint density at radius 1 is 1.60 bits per heavy atom. The molecule has 0 saturated carbocycles. The van der Waals surface area contributed by atoms with Crippen LogP contribution in [-0.4, -0.2) is 37.6 Å². The first-order valence-corrected chi connectivity index (χ1v) is 5.40. The minimum absolute atomic E-state index is 0.0169. The van der Waals surface area contributed by atoms with Crippen molar-refractivity contribution in [1.82, 2.24) is 10.6 Å². The van der Waals surface area contributed by atoms with E-state index in [1.54, 1.807) is 6.92 Å². The number of nitrogens with one attached hydrogen (secondary N) is 2. The van der Waals surface area contributed by atoms with Crippen LogP contribution in [-0.2, 0) is 14.3 Å². The maximum atomic E-state index is 11.5. The molecular weight excluding hydrogens is 196 g/mol. The average Bonchev–Trinajstić information content (AvgIpc) is 2.41. The molecule has 0 aromatic rings. The standard InChI is InChI=1S/C10H18N2O3/c1-2-15-9(13)7-12-8-5-3-4-6-11-10(8)14/h8,12H,2-7H2,1H3,(H,11,14). The molecule has 0 bridgehead atoms. The predicted octanol–water partition coefficient (Wildman–Crippen LogP) is -0.192. The highest BCUT2D eigenvalue weighted by atomic mass is 16.5. The van der Waals surface area contributed by atoms with Crippen LogP contribution in [0.5, 0.6) is 0 Å². The summed E-state index contributed by atoms with van der Waals surface area (Å²) >= 11 is 0. The van der Waals surface area contributed by atoms with Crippen molar-refractivity contribution in [1.29, 1.82) is 0 Å². The largest absolute Gasteiger partial charge is 0.465 e. The van der Waals surface area contributed by atoms with Crippen molar-refractivity contribution in [3.63, 3.8) is 0 Å². The molecule has 5 nitrogen and oxygen atoms in total. The van der Waals surface area contributed by atoms with Crippen molar-refractivity contribution in [2.75, 3.05) is 19.7 Å². The number of ether oxygens (including phenoxy) is 1. The molecule has 0 radical (unpaired) electrons. The maximum Gasteiger partial charge on any atom is 0.319 e. The summed E-state index contributed by atoms with van der Waals surface area (Å²) in [4.78, 5) is 22.5. The Morgan fingerprint density at radius 2 is 2.40 bits per heavy atom. The third kappa shape index (κ3) is 4.29. The molecule has 2 N–H and O–H groups in total. The second kappa shape index (κ2) is 6.40. The predicted molar refractivity (Wildman–Crippen MR) is 55.3 cm³/mol. The number of rotatable bonds is 4. The normalized spacial score (nSPS) is 21.7. The summed E-state index contributed by atoms with van der Waals surface area (Å²) in [6, 6.07) is -0.253. The first-order chi connectivity index (χ1) is 7.24. The third-order valence-electron chi connectivity index (χ3n) is 2.33. The fourth-order valence-corrected chi connectivity index (χ4v) is 1.55. The van der Waals surface area contributed by atoms with Crippen molar-refractivity contribution in [3.05, 3.63) is 0 Å². The van der Waals surface area contributed by atoms with Crippen LogP contribution < -0.4 is 10.6 Å². The molecule has 1 aliphatic rings. The lowest BCUT2D eigenvalue weighted by Gasteiger charge is -2.14. The number of amides is 1. The van der Waals surface area contributed by atoms with Crippen LogP contribution in [0.3, 0.4) is 0 Å². The zero-order valence-electron chi connectivity index (χ0n) is 9.04. The summed E-state index contributed by atoms with van der Waals surface area (Å²) in [7, 11) is 0. The summed E-state index contributed by atoms with van der Waals surface area (Å²) in [6.07, 6.45) is 2.79. The summed E-state index contributed by atoms with van der Waals surface area (Å²) in [5.41, 5.74) is 0. The van der Waals surface area contributed by atoms with Crippen LogP contribution in [0, 0.1) is 0 Å². The topological polar surface area (TPSA) is 67.4 Å². The number of carbonyl (C=O) groups excluding carboxylic acids is 2. The second-order valence-electron chi connectivity index (χ2n) is 3.53. The van der Waals surface area contributed by atoms with Crippen LogP contribution in [0.4, 0.5) is 0 Å². The van der Waals surface area contributed by atoms with Gasteiger partial charge in [-0.1, -0.05) is 0 Å². The molecule has 0 spiro atoms. The van der Waals surface area contributed by atoms with Crippen molar-refractivity contribution in [3.8, 4) is 0 Å². The molecule has 0 aliphatic carbocycles. The van der Waals surface area contributed by atoms with Crippen molar-refractivity contribution in [2.24, 2.45) is 0 Å². The second-order valence-corrected chi connectivity index (χ2v) is 3.53. The van der Waals surface area contributed by atoms with Gasteiger partial charge in [-0.15, -0.1) is 0 Å². The molecule has 0 aromatic carbocycles. The van der Waals surface area contributed by atoms with E-state index in [1.807, 2.05) is 0 Å². The van der Waals surface area contributed by atoms with Gasteiger partial charge < -0.3 is 10.1 Å². The number of hydrogen-bond donors (Lipinski definition) is 2. The minimum atomic E-state index is -0.311. The average molecular weight is 214 g/mol. The quantitative estimate of drug-likeness (QED) is 0.636. The zero-order chi connectivity index (χ0) is 11.1. The Hall–Kier alpha value is -1.10. The van der Waals surface area contributed by atoms with Gasteiger partial charge in [0.2, 0.25) is 5.91 Å². The van der Waals surface area contributed by atoms with E-state index in [0.29, 0.717) is 6.61 Å². The Bertz CT molecular complexity index is 231. The fraction of sp³-hybridized carbons (Fsp3) is 0.800. The molecule has 1 unspecified atom stereocenters. The molecular formula is C10H18N2O3. The molecule has 1 aliphatic heterocycles. The monoisotopic (exact) mass is 214 g/mol. The summed E-state index contributed by atoms with van der Waals surface area (Å²) in [5.74, 6) is -0.327. The fourth-order valence-electron chi connectivity index (χ4n) is 1.55. The van der Waals surface area contributed by atoms with Gasteiger partial charge in [0, 0.05) is 6.54 Å². The van der Waals surface area contributed by atoms with E-state index >= 15 is 0 Å². The molecule has 1 rings (SSSR count). The molecule has 5 heteroatoms. The van der Waals surface area contributed by atoms with E-state index in [-0.39, 0.29) is 24.5 Å². The molecule has 86 valence electrons. The Labute approximate surface area is 89.6 Å². The lowest BCUT2D eigenvalue weighted by atomic mass is 10.1. The van der Waals surface area contributed by atoms with Gasteiger partial charge in [-0.25, -0.2) is 0 Å². The van der Waals surface area contributed by atoms with Gasteiger partial charge in [0.15, 0.2) is 0 Å². The molecule has 15 heavy (non-hydrogen) atoms. The van der Waals surface area contributed by atoms with Gasteiger partial charge in [-0.2, -0.15) is 0 Å². The van der Waals surface area contributed by atoms with Gasteiger partial charge in [0.05, 0.1) is 19.2 Å². The molecule has 0 aromatic heterocycles. The lowest BCUT2D eigenvalue weighted by Crippen LogP contribution is -2.44. The third-order valence-corrected chi connectivity index (χ3v) is 2.33. The zero-order valence-corrected chi connectivity index (χ0v) is 9.04. The van der Waals surface area contributed by atoms with Crippen molar-refractivity contribution in [2.45, 2.75) is 32.2 Å². The number of hydrogen-bond acceptors (Lipinski definition) is 4. The van der Waals surface area contributed by atoms with E-state index in [1.165, 1.54) is 0 Å². The van der Waals surface area contributed by atoms with Crippen LogP contribution >= 0.6 is 0 Å². The SMILES string of the molecule is CCOC(=O)CNC1CCCCNC1=O. The number of esters is 1. The Balaban J connectivity index is 2.29. The molecule has 1 amide bonds. The van der Waals surface area contributed by atoms with Gasteiger partial charge in [0.25, 0.3) is 0 Å². The minimum Gasteiger partial charge on any atom is -0.465 e. The Morgan fingerprint density at radius 3 is 3.13 bits per heavy atom. The molecule has 1 heterocycles. The summed E-state index contributed by atoms with van der Waals surface area (Å²) < 4.78 is 4.77. The number of carbonyl (C=O) groups is 2. The highest BCUT2D eigenvalue weighted by Crippen LogP contribution is 2.04. The summed E-state index contributed by atoms with van der Waals surface area (Å²) in [6.45, 7) is 2.97. The van der Waals surface area contributed by atoms with E-state index in [9.17, 15) is 9.59 Å². The van der Waals surface area contributed by atoms with E-state index in [4.69, 9.17) is 4.74 Å². The van der Waals surface area contributed by atoms with Crippen LogP contribution in [0.1, 0.15) is 26.2 Å².